The van der Waals surface area contributed by atoms with Crippen LogP contribution in [0.15, 0.2) is 28.8 Å². The number of methoxy groups -OCH3 is 1. The van der Waals surface area contributed by atoms with Gasteiger partial charge >= 0.3 is 5.97 Å². The standard InChI is InChI=1S/C14H14BrNO5/c1-18-14(17)9-6-10(15)13-11(7-9)20-8-12(21-13)16-2-4-19-5-3-16/h6-8H,2-5H2,1H3. The number of rotatable bonds is 2. The summed E-state index contributed by atoms with van der Waals surface area (Å²) in [4.78, 5) is 13.6. The highest BCUT2D eigenvalue weighted by Gasteiger charge is 2.25. The Bertz CT molecular complexity index is 595. The van der Waals surface area contributed by atoms with Crippen molar-refractivity contribution in [1.82, 2.24) is 4.90 Å². The summed E-state index contributed by atoms with van der Waals surface area (Å²) in [5.74, 6) is 1.23. The highest BCUT2D eigenvalue weighted by Crippen LogP contribution is 2.41. The van der Waals surface area contributed by atoms with E-state index >= 15 is 0 Å². The fourth-order valence-electron chi connectivity index (χ4n) is 2.16. The fraction of sp³-hybridized carbons (Fsp3) is 0.357. The van der Waals surface area contributed by atoms with Crippen molar-refractivity contribution in [2.75, 3.05) is 33.4 Å². The van der Waals surface area contributed by atoms with Crippen molar-refractivity contribution >= 4 is 21.9 Å². The zero-order chi connectivity index (χ0) is 14.8. The van der Waals surface area contributed by atoms with Crippen LogP contribution in [0.3, 0.4) is 0 Å². The molecule has 21 heavy (non-hydrogen) atoms. The van der Waals surface area contributed by atoms with E-state index < -0.39 is 5.97 Å². The number of carbonyl (C=O) groups excluding carboxylic acids is 1. The molecule has 2 aliphatic heterocycles. The van der Waals surface area contributed by atoms with E-state index in [1.807, 2.05) is 4.90 Å². The van der Waals surface area contributed by atoms with Crippen LogP contribution in [0.25, 0.3) is 0 Å². The van der Waals surface area contributed by atoms with Crippen LogP contribution in [0.1, 0.15) is 10.4 Å². The summed E-state index contributed by atoms with van der Waals surface area (Å²) in [6, 6.07) is 3.24. The molecule has 0 amide bonds. The minimum Gasteiger partial charge on any atom is -0.465 e. The number of halogens is 1. The van der Waals surface area contributed by atoms with Crippen LogP contribution in [0.5, 0.6) is 11.5 Å². The Hall–Kier alpha value is -1.73. The third kappa shape index (κ3) is 2.84. The van der Waals surface area contributed by atoms with Crippen LogP contribution in [0, 0.1) is 0 Å². The molecule has 0 spiro atoms. The Morgan fingerprint density at radius 3 is 2.81 bits per heavy atom. The Balaban J connectivity index is 1.85. The lowest BCUT2D eigenvalue weighted by Gasteiger charge is -2.32. The van der Waals surface area contributed by atoms with Crippen molar-refractivity contribution in [3.63, 3.8) is 0 Å². The van der Waals surface area contributed by atoms with Crippen molar-refractivity contribution < 1.29 is 23.7 Å². The SMILES string of the molecule is COC(=O)c1cc(Br)c2c(c1)OC=C(N1CCOCC1)O2. The van der Waals surface area contributed by atoms with Gasteiger partial charge in [0.1, 0.15) is 0 Å². The topological polar surface area (TPSA) is 57.2 Å². The molecule has 6 nitrogen and oxygen atoms in total. The first-order chi connectivity index (χ1) is 10.2. The van der Waals surface area contributed by atoms with Gasteiger partial charge in [-0.2, -0.15) is 0 Å². The van der Waals surface area contributed by atoms with Gasteiger partial charge in [-0.05, 0) is 28.1 Å². The molecular weight excluding hydrogens is 342 g/mol. The number of esters is 1. The first kappa shape index (κ1) is 14.2. The second-order valence-electron chi connectivity index (χ2n) is 4.55. The summed E-state index contributed by atoms with van der Waals surface area (Å²) in [5, 5.41) is 0. The molecule has 2 heterocycles. The molecule has 0 bridgehead atoms. The molecule has 0 aliphatic carbocycles. The third-order valence-electron chi connectivity index (χ3n) is 3.25. The molecular formula is C14H14BrNO5. The summed E-state index contributed by atoms with van der Waals surface area (Å²) < 4.78 is 22.1. The molecule has 1 saturated heterocycles. The van der Waals surface area contributed by atoms with Gasteiger partial charge in [0.25, 0.3) is 0 Å². The average Bonchev–Trinajstić information content (AvgIpc) is 2.54. The van der Waals surface area contributed by atoms with Gasteiger partial charge in [-0.3, -0.25) is 0 Å². The zero-order valence-electron chi connectivity index (χ0n) is 11.4. The molecule has 0 N–H and O–H groups in total. The minimum atomic E-state index is -0.426. The van der Waals surface area contributed by atoms with Crippen molar-refractivity contribution in [2.24, 2.45) is 0 Å². The summed E-state index contributed by atoms with van der Waals surface area (Å²) in [5.41, 5.74) is 0.398. The summed E-state index contributed by atoms with van der Waals surface area (Å²) >= 11 is 3.40. The van der Waals surface area contributed by atoms with Crippen LogP contribution < -0.4 is 9.47 Å². The number of nitrogens with zero attached hydrogens (tertiary/aromatic N) is 1. The van der Waals surface area contributed by atoms with E-state index in [1.165, 1.54) is 7.11 Å². The minimum absolute atomic E-state index is 0.398. The van der Waals surface area contributed by atoms with E-state index in [2.05, 4.69) is 15.9 Å². The van der Waals surface area contributed by atoms with Gasteiger partial charge in [-0.1, -0.05) is 0 Å². The van der Waals surface area contributed by atoms with Gasteiger partial charge in [-0.15, -0.1) is 0 Å². The van der Waals surface area contributed by atoms with Crippen molar-refractivity contribution in [3.05, 3.63) is 34.3 Å². The number of carbonyl (C=O) groups is 1. The van der Waals surface area contributed by atoms with E-state index in [0.29, 0.717) is 40.6 Å². The van der Waals surface area contributed by atoms with E-state index in [0.717, 1.165) is 13.1 Å². The molecule has 1 aromatic carbocycles. The highest BCUT2D eigenvalue weighted by molar-refractivity contribution is 9.10. The van der Waals surface area contributed by atoms with Crippen molar-refractivity contribution in [3.8, 4) is 11.5 Å². The van der Waals surface area contributed by atoms with E-state index in [9.17, 15) is 4.79 Å². The normalized spacial score (nSPS) is 17.2. The first-order valence-corrected chi connectivity index (χ1v) is 7.27. The lowest BCUT2D eigenvalue weighted by atomic mass is 10.2. The van der Waals surface area contributed by atoms with Crippen LogP contribution in [-0.4, -0.2) is 44.3 Å². The number of hydrogen-bond donors (Lipinski definition) is 0. The van der Waals surface area contributed by atoms with Gasteiger partial charge in [-0.25, -0.2) is 4.79 Å². The lowest BCUT2D eigenvalue weighted by Crippen LogP contribution is -2.38. The fourth-order valence-corrected chi connectivity index (χ4v) is 2.68. The highest BCUT2D eigenvalue weighted by atomic mass is 79.9. The molecule has 2 aliphatic rings. The Kier molecular flexibility index (Phi) is 4.03. The van der Waals surface area contributed by atoms with E-state index in [-0.39, 0.29) is 0 Å². The predicted molar refractivity (Wildman–Crippen MR) is 77.2 cm³/mol. The van der Waals surface area contributed by atoms with Crippen LogP contribution >= 0.6 is 15.9 Å². The number of fused-ring (bicyclic) bond motifs is 1. The number of hydrogen-bond acceptors (Lipinski definition) is 6. The van der Waals surface area contributed by atoms with Gasteiger partial charge in [0.15, 0.2) is 17.8 Å². The van der Waals surface area contributed by atoms with Gasteiger partial charge < -0.3 is 23.8 Å². The van der Waals surface area contributed by atoms with Crippen LogP contribution in [-0.2, 0) is 9.47 Å². The molecule has 0 atom stereocenters. The maximum absolute atomic E-state index is 11.6. The first-order valence-electron chi connectivity index (χ1n) is 6.48. The second kappa shape index (κ2) is 5.95. The zero-order valence-corrected chi connectivity index (χ0v) is 13.0. The largest absolute Gasteiger partial charge is 0.465 e. The summed E-state index contributed by atoms with van der Waals surface area (Å²) in [6.07, 6.45) is 1.54. The molecule has 1 fully saturated rings. The maximum atomic E-state index is 11.6. The van der Waals surface area contributed by atoms with Gasteiger partial charge in [0.2, 0.25) is 5.88 Å². The third-order valence-corrected chi connectivity index (χ3v) is 3.84. The molecule has 0 radical (unpaired) electrons. The quantitative estimate of drug-likeness (QED) is 0.757. The average molecular weight is 356 g/mol. The Labute approximate surface area is 130 Å². The smallest absolute Gasteiger partial charge is 0.338 e. The molecule has 1 aromatic rings. The Morgan fingerprint density at radius 1 is 1.33 bits per heavy atom. The van der Waals surface area contributed by atoms with E-state index in [4.69, 9.17) is 18.9 Å². The molecule has 0 saturated carbocycles. The van der Waals surface area contributed by atoms with Crippen molar-refractivity contribution in [2.45, 2.75) is 0 Å². The second-order valence-corrected chi connectivity index (χ2v) is 5.41. The predicted octanol–water partition coefficient (Wildman–Crippen LogP) is 2.14. The molecule has 112 valence electrons. The molecule has 3 rings (SSSR count). The monoisotopic (exact) mass is 355 g/mol. The number of benzene rings is 1. The number of morpholine rings is 1. The van der Waals surface area contributed by atoms with Gasteiger partial charge in [0, 0.05) is 13.1 Å². The lowest BCUT2D eigenvalue weighted by molar-refractivity contribution is 0.0303. The maximum Gasteiger partial charge on any atom is 0.338 e. The van der Waals surface area contributed by atoms with Crippen LogP contribution in [0.2, 0.25) is 0 Å². The van der Waals surface area contributed by atoms with Crippen molar-refractivity contribution in [1.29, 1.82) is 0 Å². The molecule has 0 unspecified atom stereocenters. The molecule has 0 aromatic heterocycles. The van der Waals surface area contributed by atoms with Gasteiger partial charge in [0.05, 0.1) is 30.4 Å². The van der Waals surface area contributed by atoms with E-state index in [1.54, 1.807) is 18.4 Å². The van der Waals surface area contributed by atoms with Crippen LogP contribution in [0.4, 0.5) is 0 Å². The summed E-state index contributed by atoms with van der Waals surface area (Å²) in [7, 11) is 1.34. The molecule has 7 heteroatoms. The summed E-state index contributed by atoms with van der Waals surface area (Å²) in [6.45, 7) is 2.83. The number of ether oxygens (including phenoxy) is 4. The Morgan fingerprint density at radius 2 is 2.10 bits per heavy atom.